The fraction of sp³-hybridized carbons (Fsp3) is 0.556. The summed E-state index contributed by atoms with van der Waals surface area (Å²) in [6, 6.07) is 0. The number of rotatable bonds is 8. The molecule has 1 aromatic rings. The number of hydrogen-bond donors (Lipinski definition) is 6. The average Bonchev–Trinajstić information content (AvgIpc) is 3.15. The lowest BCUT2D eigenvalue weighted by molar-refractivity contribution is -0.358. The molecule has 2 heterocycles. The van der Waals surface area contributed by atoms with Gasteiger partial charge in [-0.15, -0.1) is 0 Å². The zero-order chi connectivity index (χ0) is 24.8. The van der Waals surface area contributed by atoms with Crippen molar-refractivity contribution in [1.29, 1.82) is 0 Å². The monoisotopic (exact) mass is 457 g/mol. The minimum absolute atomic E-state index is 0.470. The van der Waals surface area contributed by atoms with E-state index in [0.29, 0.717) is 20.8 Å². The highest BCUT2D eigenvalue weighted by atomic mass is 16.7. The molecule has 2 rings (SSSR count). The number of nitrogens with one attached hydrogen (secondary N) is 1. The van der Waals surface area contributed by atoms with Crippen molar-refractivity contribution in [3.05, 3.63) is 12.0 Å². The molecule has 1 aliphatic heterocycles. The van der Waals surface area contributed by atoms with E-state index in [1.54, 1.807) is 0 Å². The van der Waals surface area contributed by atoms with E-state index in [2.05, 4.69) is 9.97 Å². The number of nitrogens with zero attached hydrogens (tertiary/aromatic N) is 1. The number of ketones is 4. The fourth-order valence-electron chi connectivity index (χ4n) is 3.69. The summed E-state index contributed by atoms with van der Waals surface area (Å²) in [5, 5.41) is 44.0. The normalized spacial score (nSPS) is 33.2. The molecule has 14 heteroatoms. The third-order valence-electron chi connectivity index (χ3n) is 5.48. The minimum atomic E-state index is -3.68. The van der Waals surface area contributed by atoms with E-state index in [9.17, 15) is 44.4 Å². The quantitative estimate of drug-likeness (QED) is 0.223. The second-order valence-corrected chi connectivity index (χ2v) is 7.42. The maximum Gasteiger partial charge on any atom is 0.270 e. The number of Topliss-reactive ketones (excluding diaryl/α,β-unsaturated/α-hetero) is 4. The van der Waals surface area contributed by atoms with Crippen LogP contribution in [-0.4, -0.2) is 94.7 Å². The Morgan fingerprint density at radius 3 is 2.00 bits per heavy atom. The molecule has 1 amide bonds. The third kappa shape index (κ3) is 3.23. The lowest BCUT2D eigenvalue weighted by Gasteiger charge is -2.57. The molecule has 176 valence electrons. The summed E-state index contributed by atoms with van der Waals surface area (Å²) in [6.07, 6.45) is -6.25. The van der Waals surface area contributed by atoms with Gasteiger partial charge in [0.2, 0.25) is 23.4 Å². The summed E-state index contributed by atoms with van der Waals surface area (Å²) in [7, 11) is 0. The first-order chi connectivity index (χ1) is 14.6. The van der Waals surface area contributed by atoms with Gasteiger partial charge >= 0.3 is 0 Å². The first kappa shape index (κ1) is 25.2. The molecular formula is C18H23N3O11. The Kier molecular flexibility index (Phi) is 6.42. The van der Waals surface area contributed by atoms with Crippen molar-refractivity contribution in [2.45, 2.75) is 63.0 Å². The molecule has 1 fully saturated rings. The van der Waals surface area contributed by atoms with Crippen LogP contribution in [0.3, 0.4) is 0 Å². The number of carbonyl (C=O) groups is 5. The molecule has 0 bridgehead atoms. The second-order valence-electron chi connectivity index (χ2n) is 7.42. The van der Waals surface area contributed by atoms with Gasteiger partial charge in [-0.05, 0) is 27.7 Å². The Morgan fingerprint density at radius 1 is 1.06 bits per heavy atom. The number of hydrogen-bond acceptors (Lipinski definition) is 12. The van der Waals surface area contributed by atoms with E-state index >= 15 is 0 Å². The zero-order valence-corrected chi connectivity index (χ0v) is 17.5. The van der Waals surface area contributed by atoms with Crippen molar-refractivity contribution >= 4 is 29.0 Å². The maximum absolute atomic E-state index is 12.6. The number of aliphatic hydroxyl groups excluding tert-OH is 1. The zero-order valence-electron chi connectivity index (χ0n) is 17.5. The number of aromatic nitrogens is 2. The van der Waals surface area contributed by atoms with E-state index < -0.39 is 75.9 Å². The number of H-pyrrole nitrogens is 1. The summed E-state index contributed by atoms with van der Waals surface area (Å²) < 4.78 is 10.5. The summed E-state index contributed by atoms with van der Waals surface area (Å²) in [5.41, 5.74) is -5.96. The number of aliphatic hydroxyl groups is 4. The summed E-state index contributed by atoms with van der Waals surface area (Å²) in [5.74, 6) is -7.14. The van der Waals surface area contributed by atoms with Crippen LogP contribution in [0.2, 0.25) is 0 Å². The van der Waals surface area contributed by atoms with Gasteiger partial charge in [0.15, 0.2) is 34.4 Å². The molecule has 0 saturated carbocycles. The Morgan fingerprint density at radius 2 is 1.59 bits per heavy atom. The van der Waals surface area contributed by atoms with Gasteiger partial charge < -0.3 is 40.6 Å². The molecule has 1 saturated heterocycles. The first-order valence-electron chi connectivity index (χ1n) is 9.12. The van der Waals surface area contributed by atoms with Crippen molar-refractivity contribution in [1.82, 2.24) is 9.97 Å². The number of aromatic amines is 1. The van der Waals surface area contributed by atoms with Gasteiger partial charge in [-0.1, -0.05) is 0 Å². The average molecular weight is 457 g/mol. The molecule has 0 radical (unpaired) electrons. The van der Waals surface area contributed by atoms with Gasteiger partial charge in [-0.2, -0.15) is 0 Å². The SMILES string of the molecule is CC(=O)C(O)[C@H]1O[C@@H](Oc2nc[nH]c2C(N)=O)[C@@](O)(C(C)=O)[C@](O)(C(C)=O)[C@]1(O)C(C)=O. The van der Waals surface area contributed by atoms with Crippen LogP contribution in [0.15, 0.2) is 6.33 Å². The van der Waals surface area contributed by atoms with Gasteiger partial charge in [0, 0.05) is 0 Å². The van der Waals surface area contributed by atoms with Gasteiger partial charge in [-0.25, -0.2) is 4.98 Å². The van der Waals surface area contributed by atoms with Crippen LogP contribution in [0, 0.1) is 0 Å². The Labute approximate surface area is 180 Å². The number of ether oxygens (including phenoxy) is 2. The molecule has 6 atom stereocenters. The van der Waals surface area contributed by atoms with Crippen LogP contribution < -0.4 is 10.5 Å². The molecule has 32 heavy (non-hydrogen) atoms. The van der Waals surface area contributed by atoms with E-state index in [1.165, 1.54) is 0 Å². The predicted molar refractivity (Wildman–Crippen MR) is 100.0 cm³/mol. The summed E-state index contributed by atoms with van der Waals surface area (Å²) in [4.78, 5) is 66.8. The molecule has 14 nitrogen and oxygen atoms in total. The van der Waals surface area contributed by atoms with Crippen LogP contribution in [-0.2, 0) is 23.9 Å². The van der Waals surface area contributed by atoms with Crippen molar-refractivity contribution < 1.29 is 53.9 Å². The van der Waals surface area contributed by atoms with E-state index in [0.717, 1.165) is 13.3 Å². The molecular weight excluding hydrogens is 434 g/mol. The molecule has 0 aromatic carbocycles. The standard InChI is InChI=1S/C18H23N3O11/c1-6(22)11(26)12-16(28,7(2)23)18(30,9(4)25)17(29,8(3)24)15(31-12)32-14-10(13(19)27)20-5-21-14/h5,11-12,15,26,28-30H,1-4H3,(H2,19,27)(H,20,21)/t11?,12-,15+,16+,17+,18+/m1/s1. The second kappa shape index (κ2) is 8.14. The fourth-order valence-corrected chi connectivity index (χ4v) is 3.69. The molecule has 0 spiro atoms. The number of primary amides is 1. The lowest BCUT2D eigenvalue weighted by Crippen LogP contribution is -2.87. The molecule has 1 aliphatic rings. The molecule has 7 N–H and O–H groups in total. The highest BCUT2D eigenvalue weighted by molar-refractivity contribution is 6.05. The van der Waals surface area contributed by atoms with Gasteiger partial charge in [0.25, 0.3) is 5.91 Å². The van der Waals surface area contributed by atoms with Crippen molar-refractivity contribution in [3.63, 3.8) is 0 Å². The number of imidazole rings is 1. The van der Waals surface area contributed by atoms with Crippen molar-refractivity contribution in [3.8, 4) is 5.88 Å². The summed E-state index contributed by atoms with van der Waals surface area (Å²) in [6.45, 7) is 2.86. The van der Waals surface area contributed by atoms with Crippen LogP contribution in [0.25, 0.3) is 0 Å². The summed E-state index contributed by atoms with van der Waals surface area (Å²) >= 11 is 0. The smallest absolute Gasteiger partial charge is 0.270 e. The maximum atomic E-state index is 12.6. The highest BCUT2D eigenvalue weighted by Crippen LogP contribution is 2.48. The predicted octanol–water partition coefficient (Wildman–Crippen LogP) is -3.48. The number of carbonyl (C=O) groups excluding carboxylic acids is 5. The van der Waals surface area contributed by atoms with Gasteiger partial charge in [-0.3, -0.25) is 24.0 Å². The van der Waals surface area contributed by atoms with Crippen LogP contribution in [0.4, 0.5) is 0 Å². The van der Waals surface area contributed by atoms with Gasteiger partial charge in [0.05, 0.1) is 6.33 Å². The van der Waals surface area contributed by atoms with Crippen LogP contribution >= 0.6 is 0 Å². The van der Waals surface area contributed by atoms with E-state index in [1.807, 2.05) is 0 Å². The Hall–Kier alpha value is -3.04. The van der Waals surface area contributed by atoms with Crippen LogP contribution in [0.5, 0.6) is 5.88 Å². The molecule has 0 aliphatic carbocycles. The minimum Gasteiger partial charge on any atom is -0.442 e. The van der Waals surface area contributed by atoms with Gasteiger partial charge in [0.1, 0.15) is 12.2 Å². The van der Waals surface area contributed by atoms with Crippen LogP contribution in [0.1, 0.15) is 38.2 Å². The van der Waals surface area contributed by atoms with Crippen molar-refractivity contribution in [2.75, 3.05) is 0 Å². The Balaban J connectivity index is 2.85. The highest BCUT2D eigenvalue weighted by Gasteiger charge is 2.80. The number of amides is 1. The molecule has 1 unspecified atom stereocenters. The van der Waals surface area contributed by atoms with E-state index in [-0.39, 0.29) is 0 Å². The van der Waals surface area contributed by atoms with Crippen molar-refractivity contribution in [2.24, 2.45) is 5.73 Å². The topological polar surface area (TPSA) is 239 Å². The van der Waals surface area contributed by atoms with E-state index in [4.69, 9.17) is 15.2 Å². The molecule has 1 aromatic heterocycles. The lowest BCUT2D eigenvalue weighted by atomic mass is 9.60. The first-order valence-corrected chi connectivity index (χ1v) is 9.12. The largest absolute Gasteiger partial charge is 0.442 e. The Bertz CT molecular complexity index is 991. The third-order valence-corrected chi connectivity index (χ3v) is 5.48. The number of nitrogens with two attached hydrogens (primary N) is 1.